The molecule has 2 aromatic heterocycles. The molecule has 2 amide bonds. The minimum Gasteiger partial charge on any atom is -0.496 e. The lowest BCUT2D eigenvalue weighted by atomic mass is 9.93. The Kier molecular flexibility index (Phi) is 8.61. The number of rotatable bonds is 5. The zero-order chi connectivity index (χ0) is 31.0. The third kappa shape index (κ3) is 6.17. The molecule has 2 saturated carbocycles. The maximum Gasteiger partial charge on any atom is 0.226 e. The van der Waals surface area contributed by atoms with Crippen LogP contribution in [-0.4, -0.2) is 59.5 Å². The van der Waals surface area contributed by atoms with E-state index in [4.69, 9.17) is 19.4 Å². The molecule has 44 heavy (non-hydrogen) atoms. The molecule has 0 radical (unpaired) electrons. The first-order chi connectivity index (χ1) is 21.2. The van der Waals surface area contributed by atoms with Gasteiger partial charge in [0.15, 0.2) is 0 Å². The second-order valence-corrected chi connectivity index (χ2v) is 13.0. The van der Waals surface area contributed by atoms with Gasteiger partial charge in [0, 0.05) is 42.3 Å². The number of methoxy groups -OCH3 is 1. The molecule has 0 saturated heterocycles. The lowest BCUT2D eigenvalue weighted by Crippen LogP contribution is -2.41. The molecule has 1 aliphatic heterocycles. The Labute approximate surface area is 260 Å². The van der Waals surface area contributed by atoms with Crippen LogP contribution in [0.3, 0.4) is 0 Å². The van der Waals surface area contributed by atoms with Crippen molar-refractivity contribution in [2.24, 2.45) is 17.8 Å². The number of amides is 2. The fourth-order valence-corrected chi connectivity index (χ4v) is 6.73. The summed E-state index contributed by atoms with van der Waals surface area (Å²) in [4.78, 5) is 39.1. The number of carbonyl (C=O) groups excluding carboxylic acids is 2. The van der Waals surface area contributed by atoms with Gasteiger partial charge in [0.1, 0.15) is 17.6 Å². The summed E-state index contributed by atoms with van der Waals surface area (Å²) < 4.78 is 12.4. The largest absolute Gasteiger partial charge is 0.496 e. The van der Waals surface area contributed by atoms with Crippen molar-refractivity contribution < 1.29 is 19.1 Å². The zero-order valence-electron chi connectivity index (χ0n) is 26.5. The van der Waals surface area contributed by atoms with Crippen molar-refractivity contribution >= 4 is 22.7 Å². The van der Waals surface area contributed by atoms with E-state index in [0.717, 1.165) is 59.3 Å². The number of ether oxygens (including phenoxy) is 2. The van der Waals surface area contributed by atoms with E-state index in [2.05, 4.69) is 31.3 Å². The van der Waals surface area contributed by atoms with Gasteiger partial charge in [-0.05, 0) is 81.5 Å². The third-order valence-corrected chi connectivity index (χ3v) is 9.50. The van der Waals surface area contributed by atoms with Crippen LogP contribution in [0.4, 0.5) is 0 Å². The third-order valence-electron chi connectivity index (χ3n) is 9.50. The zero-order valence-corrected chi connectivity index (χ0v) is 26.5. The van der Waals surface area contributed by atoms with Crippen LogP contribution < -0.4 is 14.8 Å². The summed E-state index contributed by atoms with van der Waals surface area (Å²) in [5.41, 5.74) is 4.18. The van der Waals surface area contributed by atoms with Gasteiger partial charge >= 0.3 is 0 Å². The fraction of sp³-hybridized carbons (Fsp3) is 0.500. The highest BCUT2D eigenvalue weighted by molar-refractivity contribution is 5.92. The number of hydrogen-bond acceptors (Lipinski definition) is 6. The van der Waals surface area contributed by atoms with E-state index in [9.17, 15) is 9.59 Å². The summed E-state index contributed by atoms with van der Waals surface area (Å²) >= 11 is 0. The monoisotopic (exact) mass is 596 g/mol. The van der Waals surface area contributed by atoms with E-state index in [1.165, 1.54) is 0 Å². The highest BCUT2D eigenvalue weighted by atomic mass is 16.5. The second-order valence-electron chi connectivity index (χ2n) is 13.0. The Hall–Kier alpha value is -3.94. The summed E-state index contributed by atoms with van der Waals surface area (Å²) in [6, 6.07) is 12.0. The summed E-state index contributed by atoms with van der Waals surface area (Å²) in [6.45, 7) is 6.94. The van der Waals surface area contributed by atoms with E-state index in [-0.39, 0.29) is 29.9 Å². The number of pyridine rings is 2. The van der Waals surface area contributed by atoms with Crippen molar-refractivity contribution in [1.82, 2.24) is 20.2 Å². The fourth-order valence-electron chi connectivity index (χ4n) is 6.73. The number of aryl methyl sites for hydroxylation is 1. The predicted octanol–water partition coefficient (Wildman–Crippen LogP) is 6.21. The van der Waals surface area contributed by atoms with Crippen molar-refractivity contribution in [3.8, 4) is 22.9 Å². The normalized spacial score (nSPS) is 26.5. The molecular formula is C36H44N4O4. The molecule has 5 atom stereocenters. The van der Waals surface area contributed by atoms with Gasteiger partial charge < -0.3 is 19.7 Å². The maximum atomic E-state index is 13.7. The van der Waals surface area contributed by atoms with Gasteiger partial charge in [-0.15, -0.1) is 0 Å². The predicted molar refractivity (Wildman–Crippen MR) is 172 cm³/mol. The Morgan fingerprint density at radius 3 is 2.59 bits per heavy atom. The van der Waals surface area contributed by atoms with Crippen LogP contribution in [0.15, 0.2) is 48.6 Å². The highest BCUT2D eigenvalue weighted by Gasteiger charge is 2.47. The van der Waals surface area contributed by atoms with E-state index in [1.54, 1.807) is 7.11 Å². The Morgan fingerprint density at radius 2 is 1.80 bits per heavy atom. The van der Waals surface area contributed by atoms with Gasteiger partial charge in [-0.25, -0.2) is 4.98 Å². The lowest BCUT2D eigenvalue weighted by Gasteiger charge is -2.24. The number of allylic oxidation sites excluding steroid dienone is 1. The maximum absolute atomic E-state index is 13.7. The van der Waals surface area contributed by atoms with Crippen LogP contribution in [-0.2, 0) is 9.59 Å². The van der Waals surface area contributed by atoms with Crippen molar-refractivity contribution in [3.05, 3.63) is 59.8 Å². The van der Waals surface area contributed by atoms with Crippen LogP contribution in [0.25, 0.3) is 22.3 Å². The highest BCUT2D eigenvalue weighted by Crippen LogP contribution is 2.41. The molecule has 2 aliphatic carbocycles. The molecule has 1 aromatic carbocycles. The molecule has 1 N–H and O–H groups in total. The molecule has 6 rings (SSSR count). The van der Waals surface area contributed by atoms with Gasteiger partial charge in [-0.1, -0.05) is 32.1 Å². The minimum atomic E-state index is -0.429. The topological polar surface area (TPSA) is 93.7 Å². The SMILES string of the molecule is COc1ccc2c(O[C@@H]3C[C@H]4C(=O)N[C@@H]5C[C@H]5/C=C\CCCCN(C)C(=O)[C@@H]4C3)cc(-c3cccc(C(C)C)n3)nc2c1C. The van der Waals surface area contributed by atoms with Crippen LogP contribution in [0.2, 0.25) is 0 Å². The standard InChI is InChI=1S/C36H44N4O4/c1-21(2)28-12-10-13-29(37-28)31-20-33(25-14-15-32(43-5)22(3)34(25)38-31)44-24-18-26-27(19-24)36(42)40(4)16-9-7-6-8-11-23-17-30(23)39-35(26)41/h8,10-15,20-21,23-24,26-27,30H,6-7,9,16-19H2,1-5H3,(H,39,41)/b11-8-/t23-,24-,26-,27-,30-/m1/s1. The lowest BCUT2D eigenvalue weighted by molar-refractivity contribution is -0.139. The molecule has 0 unspecified atom stereocenters. The number of aromatic nitrogens is 2. The number of fused-ring (bicyclic) bond motifs is 3. The van der Waals surface area contributed by atoms with Gasteiger partial charge in [0.25, 0.3) is 0 Å². The quantitative estimate of drug-likeness (QED) is 0.352. The first-order valence-electron chi connectivity index (χ1n) is 16.1. The Balaban J connectivity index is 1.34. The van der Waals surface area contributed by atoms with Crippen LogP contribution in [0.5, 0.6) is 11.5 Å². The number of benzene rings is 1. The summed E-state index contributed by atoms with van der Waals surface area (Å²) in [7, 11) is 3.52. The van der Waals surface area contributed by atoms with Gasteiger partial charge in [-0.3, -0.25) is 14.6 Å². The molecule has 232 valence electrons. The van der Waals surface area contributed by atoms with Gasteiger partial charge in [-0.2, -0.15) is 0 Å². The molecule has 2 fully saturated rings. The Morgan fingerprint density at radius 1 is 0.977 bits per heavy atom. The molecule has 3 aliphatic rings. The van der Waals surface area contributed by atoms with E-state index >= 15 is 0 Å². The first-order valence-corrected chi connectivity index (χ1v) is 16.1. The second kappa shape index (κ2) is 12.6. The number of nitrogens with zero attached hydrogens (tertiary/aromatic N) is 3. The summed E-state index contributed by atoms with van der Waals surface area (Å²) in [6.07, 6.45) is 9.13. The average molecular weight is 597 g/mol. The molecule has 8 nitrogen and oxygen atoms in total. The molecule has 0 bridgehead atoms. The van der Waals surface area contributed by atoms with Crippen molar-refractivity contribution in [1.29, 1.82) is 0 Å². The van der Waals surface area contributed by atoms with Crippen LogP contribution in [0, 0.1) is 24.7 Å². The number of hydrogen-bond donors (Lipinski definition) is 1. The average Bonchev–Trinajstić information content (AvgIpc) is 3.61. The van der Waals surface area contributed by atoms with Crippen molar-refractivity contribution in [3.63, 3.8) is 0 Å². The van der Waals surface area contributed by atoms with Crippen molar-refractivity contribution in [2.75, 3.05) is 20.7 Å². The molecule has 0 spiro atoms. The van der Waals surface area contributed by atoms with Crippen LogP contribution in [0.1, 0.15) is 69.5 Å². The van der Waals surface area contributed by atoms with E-state index in [0.29, 0.717) is 36.7 Å². The summed E-state index contributed by atoms with van der Waals surface area (Å²) in [5.74, 6) is 1.26. The summed E-state index contributed by atoms with van der Waals surface area (Å²) in [5, 5.41) is 4.11. The first kappa shape index (κ1) is 30.1. The molecule has 3 heterocycles. The van der Waals surface area contributed by atoms with Crippen LogP contribution >= 0.6 is 0 Å². The smallest absolute Gasteiger partial charge is 0.226 e. The molecule has 3 aromatic rings. The molecular weight excluding hydrogens is 552 g/mol. The van der Waals surface area contributed by atoms with E-state index in [1.807, 2.05) is 55.3 Å². The minimum absolute atomic E-state index is 0.0311. The number of nitrogens with one attached hydrogen (secondary N) is 1. The Bertz CT molecular complexity index is 1580. The van der Waals surface area contributed by atoms with E-state index < -0.39 is 11.8 Å². The van der Waals surface area contributed by atoms with Gasteiger partial charge in [0.2, 0.25) is 11.8 Å². The number of carbonyl (C=O) groups is 2. The van der Waals surface area contributed by atoms with Crippen molar-refractivity contribution in [2.45, 2.75) is 77.4 Å². The van der Waals surface area contributed by atoms with Gasteiger partial charge in [0.05, 0.1) is 35.9 Å². The molecule has 8 heteroatoms.